The Morgan fingerprint density at radius 1 is 1.08 bits per heavy atom. The van der Waals surface area contributed by atoms with Gasteiger partial charge in [0.25, 0.3) is 0 Å². The fourth-order valence-corrected chi connectivity index (χ4v) is 4.59. The number of ether oxygens (including phenoxy) is 5. The number of methoxy groups -OCH3 is 1. The number of carbonyl (C=O) groups is 3. The highest BCUT2D eigenvalue weighted by Crippen LogP contribution is 2.34. The van der Waals surface area contributed by atoms with Crippen LogP contribution in [0.3, 0.4) is 0 Å². The molecule has 2 aromatic rings. The van der Waals surface area contributed by atoms with Crippen molar-refractivity contribution in [3.63, 3.8) is 0 Å². The van der Waals surface area contributed by atoms with Crippen molar-refractivity contribution in [3.8, 4) is 5.75 Å². The summed E-state index contributed by atoms with van der Waals surface area (Å²) in [5.41, 5.74) is 0.591. The van der Waals surface area contributed by atoms with Gasteiger partial charge in [0.05, 0.1) is 31.8 Å². The molecule has 1 aliphatic rings. The quantitative estimate of drug-likeness (QED) is 0.304. The monoisotopic (exact) mass is 540 g/mol. The molecule has 0 spiro atoms. The molecule has 37 heavy (non-hydrogen) atoms. The van der Waals surface area contributed by atoms with Gasteiger partial charge < -0.3 is 23.7 Å². The minimum absolute atomic E-state index is 0.179. The first kappa shape index (κ1) is 27.9. The van der Waals surface area contributed by atoms with Crippen molar-refractivity contribution >= 4 is 33.6 Å². The van der Waals surface area contributed by atoms with Crippen LogP contribution in [0.4, 0.5) is 5.69 Å². The Labute approximate surface area is 213 Å². The molecular weight excluding hydrogens is 512 g/mol. The number of esters is 3. The van der Waals surface area contributed by atoms with E-state index in [4.69, 9.17) is 23.7 Å². The zero-order valence-electron chi connectivity index (χ0n) is 20.9. The van der Waals surface area contributed by atoms with Crippen molar-refractivity contribution in [2.75, 3.05) is 24.3 Å². The number of aromatic nitrogens is 3. The van der Waals surface area contributed by atoms with Crippen LogP contribution in [0.2, 0.25) is 0 Å². The van der Waals surface area contributed by atoms with Crippen LogP contribution < -0.4 is 9.04 Å². The third-order valence-electron chi connectivity index (χ3n) is 5.21. The van der Waals surface area contributed by atoms with Gasteiger partial charge >= 0.3 is 17.9 Å². The Kier molecular flexibility index (Phi) is 8.70. The fraction of sp³-hybridized carbons (Fsp3) is 0.500. The number of benzene rings is 1. The average Bonchev–Trinajstić information content (AvgIpc) is 3.39. The van der Waals surface area contributed by atoms with Crippen molar-refractivity contribution < 1.29 is 46.5 Å². The first-order chi connectivity index (χ1) is 17.4. The molecule has 0 saturated carbocycles. The van der Waals surface area contributed by atoms with Crippen LogP contribution in [0.25, 0.3) is 0 Å². The highest BCUT2D eigenvalue weighted by atomic mass is 32.2. The molecule has 0 amide bonds. The molecule has 3 rings (SSSR count). The maximum atomic E-state index is 12.5. The van der Waals surface area contributed by atoms with E-state index in [0.29, 0.717) is 11.4 Å². The van der Waals surface area contributed by atoms with Crippen LogP contribution in [-0.4, -0.2) is 79.6 Å². The number of hydrogen-bond donors (Lipinski definition) is 0. The van der Waals surface area contributed by atoms with Gasteiger partial charge in [-0.3, -0.25) is 18.7 Å². The van der Waals surface area contributed by atoms with E-state index < -0.39 is 52.5 Å². The van der Waals surface area contributed by atoms with Crippen LogP contribution in [0, 0.1) is 0 Å². The Bertz CT molecular complexity index is 1250. The largest absolute Gasteiger partial charge is 0.497 e. The van der Waals surface area contributed by atoms with E-state index in [9.17, 15) is 22.8 Å². The molecule has 1 fully saturated rings. The number of hydrogen-bond acceptors (Lipinski definition) is 12. The number of sulfonamides is 1. The van der Waals surface area contributed by atoms with E-state index in [2.05, 4.69) is 10.3 Å². The Hall–Kier alpha value is -3.72. The molecule has 0 radical (unpaired) electrons. The molecule has 14 nitrogen and oxygen atoms in total. The van der Waals surface area contributed by atoms with E-state index in [0.717, 1.165) is 10.6 Å². The number of anilines is 1. The second-order valence-corrected chi connectivity index (χ2v) is 10.1. The Balaban J connectivity index is 1.91. The number of carbonyl (C=O) groups excluding carboxylic acids is 3. The van der Waals surface area contributed by atoms with Gasteiger partial charge in [0, 0.05) is 26.8 Å². The van der Waals surface area contributed by atoms with Crippen molar-refractivity contribution in [1.29, 1.82) is 0 Å². The molecule has 4 atom stereocenters. The molecule has 0 aliphatic carbocycles. The smallest absolute Gasteiger partial charge is 0.303 e. The SMILES string of the molecule is COc1cccc(N(Cc2cn([C@@H]3O[C@H](COC(C)=O)[C@@H](OC(C)=O)[C@H]3OC(C)=O)nn2)S(C)(=O)=O)c1. The lowest BCUT2D eigenvalue weighted by atomic mass is 10.1. The van der Waals surface area contributed by atoms with Crippen molar-refractivity contribution in [3.05, 3.63) is 36.2 Å². The molecule has 15 heteroatoms. The van der Waals surface area contributed by atoms with Gasteiger partial charge in [-0.2, -0.15) is 0 Å². The number of nitrogens with zero attached hydrogens (tertiary/aromatic N) is 4. The van der Waals surface area contributed by atoms with E-state index in [1.165, 1.54) is 38.8 Å². The van der Waals surface area contributed by atoms with Crippen LogP contribution in [0.1, 0.15) is 32.7 Å². The molecule has 1 aromatic heterocycles. The summed E-state index contributed by atoms with van der Waals surface area (Å²) in [5, 5.41) is 8.06. The van der Waals surface area contributed by atoms with Gasteiger partial charge in [-0.25, -0.2) is 13.1 Å². The summed E-state index contributed by atoms with van der Waals surface area (Å²) in [6.07, 6.45) is -1.88. The van der Waals surface area contributed by atoms with Crippen LogP contribution in [-0.2, 0) is 49.9 Å². The lowest BCUT2D eigenvalue weighted by Crippen LogP contribution is -2.40. The second-order valence-electron chi connectivity index (χ2n) is 8.18. The van der Waals surface area contributed by atoms with Crippen molar-refractivity contribution in [2.45, 2.75) is 51.9 Å². The molecule has 0 unspecified atom stereocenters. The summed E-state index contributed by atoms with van der Waals surface area (Å²) in [6, 6.07) is 6.50. The zero-order valence-corrected chi connectivity index (χ0v) is 21.7. The van der Waals surface area contributed by atoms with Crippen LogP contribution in [0.15, 0.2) is 30.5 Å². The fourth-order valence-electron chi connectivity index (χ4n) is 3.73. The molecule has 1 aromatic carbocycles. The van der Waals surface area contributed by atoms with E-state index in [1.807, 2.05) is 0 Å². The van der Waals surface area contributed by atoms with E-state index >= 15 is 0 Å². The molecule has 0 N–H and O–H groups in total. The van der Waals surface area contributed by atoms with Crippen LogP contribution in [0.5, 0.6) is 5.75 Å². The molecule has 2 heterocycles. The van der Waals surface area contributed by atoms with Crippen LogP contribution >= 0.6 is 0 Å². The summed E-state index contributed by atoms with van der Waals surface area (Å²) in [4.78, 5) is 34.9. The lowest BCUT2D eigenvalue weighted by molar-refractivity contribution is -0.166. The maximum Gasteiger partial charge on any atom is 0.303 e. The zero-order chi connectivity index (χ0) is 27.3. The number of rotatable bonds is 10. The summed E-state index contributed by atoms with van der Waals surface area (Å²) >= 11 is 0. The first-order valence-electron chi connectivity index (χ1n) is 11.0. The molecule has 1 aliphatic heterocycles. The predicted molar refractivity (Wildman–Crippen MR) is 126 cm³/mol. The molecular formula is C22H28N4O10S. The lowest BCUT2D eigenvalue weighted by Gasteiger charge is -2.23. The van der Waals surface area contributed by atoms with E-state index in [-0.39, 0.29) is 18.8 Å². The summed E-state index contributed by atoms with van der Waals surface area (Å²) in [6.45, 7) is 3.09. The van der Waals surface area contributed by atoms with Gasteiger partial charge in [0.1, 0.15) is 24.2 Å². The van der Waals surface area contributed by atoms with E-state index in [1.54, 1.807) is 24.3 Å². The first-order valence-corrected chi connectivity index (χ1v) is 12.9. The van der Waals surface area contributed by atoms with Crippen molar-refractivity contribution in [1.82, 2.24) is 15.0 Å². The maximum absolute atomic E-state index is 12.5. The van der Waals surface area contributed by atoms with Gasteiger partial charge in [0.15, 0.2) is 18.4 Å². The second kappa shape index (κ2) is 11.6. The highest BCUT2D eigenvalue weighted by Gasteiger charge is 2.51. The van der Waals surface area contributed by atoms with Gasteiger partial charge in [-0.05, 0) is 12.1 Å². The molecule has 1 saturated heterocycles. The predicted octanol–water partition coefficient (Wildman–Crippen LogP) is 0.577. The summed E-state index contributed by atoms with van der Waals surface area (Å²) in [5.74, 6) is -1.46. The van der Waals surface area contributed by atoms with Gasteiger partial charge in [-0.1, -0.05) is 11.3 Å². The normalized spacial score (nSPS) is 21.2. The standard InChI is InChI=1S/C22H28N4O10S/c1-13(27)33-12-19-20(34-14(2)28)21(35-15(3)29)22(36-19)25-10-16(23-24-25)11-26(37(5,30)31)17-7-6-8-18(9-17)32-4/h6-10,19-22H,11-12H2,1-5H3/t19-,20-,21-,22-/m1/s1. The molecule has 202 valence electrons. The minimum atomic E-state index is -3.73. The summed E-state index contributed by atoms with van der Waals surface area (Å²) < 4.78 is 54.2. The Morgan fingerprint density at radius 3 is 2.35 bits per heavy atom. The average molecular weight is 541 g/mol. The third kappa shape index (κ3) is 7.16. The minimum Gasteiger partial charge on any atom is -0.497 e. The molecule has 0 bridgehead atoms. The van der Waals surface area contributed by atoms with Crippen molar-refractivity contribution in [2.24, 2.45) is 0 Å². The third-order valence-corrected chi connectivity index (χ3v) is 6.35. The summed E-state index contributed by atoms with van der Waals surface area (Å²) in [7, 11) is -2.26. The van der Waals surface area contributed by atoms with Gasteiger partial charge in [0.2, 0.25) is 10.0 Å². The topological polar surface area (TPSA) is 165 Å². The van der Waals surface area contributed by atoms with Gasteiger partial charge in [-0.15, -0.1) is 5.10 Å². The Morgan fingerprint density at radius 2 is 1.76 bits per heavy atom. The highest BCUT2D eigenvalue weighted by molar-refractivity contribution is 7.92.